The largest absolute Gasteiger partial charge is 0.493 e. The summed E-state index contributed by atoms with van der Waals surface area (Å²) in [4.78, 5) is 0. The zero-order chi connectivity index (χ0) is 16.5. The fourth-order valence-corrected chi connectivity index (χ4v) is 4.88. The molecule has 0 aromatic heterocycles. The minimum atomic E-state index is 0.784. The first-order valence-corrected chi connectivity index (χ1v) is 11.0. The molecule has 1 aromatic rings. The highest BCUT2D eigenvalue weighted by atomic mass is 32.2. The maximum atomic E-state index is 5.99. The molecule has 1 heterocycles. The fraction of sp³-hybridized carbons (Fsp3) is 0.714. The normalized spacial score (nSPS) is 21.9. The van der Waals surface area contributed by atoms with Gasteiger partial charge in [0.2, 0.25) is 0 Å². The van der Waals surface area contributed by atoms with E-state index in [-0.39, 0.29) is 0 Å². The zero-order valence-corrected chi connectivity index (χ0v) is 15.8. The van der Waals surface area contributed by atoms with Crippen molar-refractivity contribution in [3.63, 3.8) is 0 Å². The molecule has 134 valence electrons. The summed E-state index contributed by atoms with van der Waals surface area (Å²) in [7, 11) is 0. The summed E-state index contributed by atoms with van der Waals surface area (Å²) in [5.41, 5.74) is 1.46. The Bertz CT molecular complexity index is 449. The van der Waals surface area contributed by atoms with Gasteiger partial charge < -0.3 is 10.1 Å². The summed E-state index contributed by atoms with van der Waals surface area (Å²) in [6.45, 7) is 2.13. The lowest BCUT2D eigenvalue weighted by Crippen LogP contribution is -2.15. The molecule has 1 saturated carbocycles. The number of rotatable bonds is 9. The van der Waals surface area contributed by atoms with Gasteiger partial charge in [-0.2, -0.15) is 0 Å². The fourth-order valence-electron chi connectivity index (χ4n) is 3.84. The van der Waals surface area contributed by atoms with Crippen molar-refractivity contribution in [1.82, 2.24) is 5.32 Å². The third-order valence-electron chi connectivity index (χ3n) is 5.42. The van der Waals surface area contributed by atoms with Crippen LogP contribution in [0.25, 0.3) is 0 Å². The van der Waals surface area contributed by atoms with Gasteiger partial charge in [-0.3, -0.25) is 0 Å². The predicted octanol–water partition coefficient (Wildman–Crippen LogP) is 5.41. The summed E-state index contributed by atoms with van der Waals surface area (Å²) >= 11 is 2.09. The second-order valence-corrected chi connectivity index (χ2v) is 8.73. The van der Waals surface area contributed by atoms with Crippen molar-refractivity contribution >= 4 is 11.8 Å². The molecule has 24 heavy (non-hydrogen) atoms. The monoisotopic (exact) mass is 347 g/mol. The van der Waals surface area contributed by atoms with Crippen LogP contribution in [0.3, 0.4) is 0 Å². The molecule has 1 unspecified atom stereocenters. The van der Waals surface area contributed by atoms with E-state index in [1.807, 2.05) is 0 Å². The number of nitrogens with one attached hydrogen (secondary N) is 1. The van der Waals surface area contributed by atoms with E-state index in [1.54, 1.807) is 0 Å². The number of benzene rings is 1. The summed E-state index contributed by atoms with van der Waals surface area (Å²) in [6, 6.07) is 8.85. The van der Waals surface area contributed by atoms with Gasteiger partial charge >= 0.3 is 0 Å². The topological polar surface area (TPSA) is 21.3 Å². The number of hydrogen-bond donors (Lipinski definition) is 1. The van der Waals surface area contributed by atoms with Crippen LogP contribution in [-0.2, 0) is 6.42 Å². The van der Waals surface area contributed by atoms with Crippen molar-refractivity contribution in [3.05, 3.63) is 29.8 Å². The molecule has 0 radical (unpaired) electrons. The van der Waals surface area contributed by atoms with Gasteiger partial charge in [0.15, 0.2) is 0 Å². The molecule has 0 amide bonds. The van der Waals surface area contributed by atoms with E-state index >= 15 is 0 Å². The highest BCUT2D eigenvalue weighted by Gasteiger charge is 2.14. The lowest BCUT2D eigenvalue weighted by Gasteiger charge is -2.21. The van der Waals surface area contributed by atoms with E-state index in [1.165, 1.54) is 76.3 Å². The van der Waals surface area contributed by atoms with Crippen LogP contribution in [0.1, 0.15) is 63.4 Å². The highest BCUT2D eigenvalue weighted by molar-refractivity contribution is 8.00. The van der Waals surface area contributed by atoms with Crippen molar-refractivity contribution in [3.8, 4) is 5.75 Å². The van der Waals surface area contributed by atoms with Gasteiger partial charge in [0.05, 0.1) is 6.61 Å². The molecule has 1 aliphatic heterocycles. The van der Waals surface area contributed by atoms with Gasteiger partial charge in [-0.25, -0.2) is 0 Å². The van der Waals surface area contributed by atoms with E-state index in [0.29, 0.717) is 0 Å². The van der Waals surface area contributed by atoms with Crippen LogP contribution in [0.2, 0.25) is 0 Å². The molecule has 1 atom stereocenters. The Labute approximate surface area is 152 Å². The zero-order valence-electron chi connectivity index (χ0n) is 15.0. The van der Waals surface area contributed by atoms with E-state index in [2.05, 4.69) is 41.3 Å². The number of thioether (sulfide) groups is 1. The number of aryl methyl sites for hydroxylation is 1. The van der Waals surface area contributed by atoms with Crippen molar-refractivity contribution in [2.24, 2.45) is 5.92 Å². The lowest BCUT2D eigenvalue weighted by atomic mass is 9.90. The Morgan fingerprint density at radius 3 is 2.58 bits per heavy atom. The first-order valence-electron chi connectivity index (χ1n) is 9.94. The van der Waals surface area contributed by atoms with Crippen LogP contribution >= 0.6 is 11.8 Å². The first kappa shape index (κ1) is 18.1. The molecule has 3 rings (SSSR count). The Morgan fingerprint density at radius 1 is 1.00 bits per heavy atom. The smallest absolute Gasteiger partial charge is 0.119 e. The van der Waals surface area contributed by atoms with Crippen LogP contribution in [0.5, 0.6) is 5.75 Å². The van der Waals surface area contributed by atoms with Crippen LogP contribution in [0.4, 0.5) is 0 Å². The molecule has 2 nitrogen and oxygen atoms in total. The van der Waals surface area contributed by atoms with Crippen LogP contribution in [0.15, 0.2) is 24.3 Å². The Balaban J connectivity index is 1.27. The summed E-state index contributed by atoms with van der Waals surface area (Å²) < 4.78 is 5.99. The van der Waals surface area contributed by atoms with Crippen molar-refractivity contribution in [2.75, 3.05) is 19.0 Å². The number of unbranched alkanes of at least 4 members (excludes halogenated alkanes) is 2. The minimum absolute atomic E-state index is 0.784. The van der Waals surface area contributed by atoms with E-state index in [4.69, 9.17) is 4.74 Å². The van der Waals surface area contributed by atoms with Gasteiger partial charge in [0.1, 0.15) is 5.75 Å². The molecule has 3 heteroatoms. The standard InChI is InChI=1S/C21H33NOS/c1-4-8-19(9-5-1)16-23-20-13-11-18(12-14-20)7-3-2-6-10-21-15-22-17-24-21/h11-14,19,21-22H,1-10,15-17H2. The maximum Gasteiger partial charge on any atom is 0.119 e. The highest BCUT2D eigenvalue weighted by Crippen LogP contribution is 2.25. The molecule has 1 N–H and O–H groups in total. The molecule has 1 saturated heterocycles. The second kappa shape index (κ2) is 10.4. The quantitative estimate of drug-likeness (QED) is 0.603. The second-order valence-electron chi connectivity index (χ2n) is 7.45. The van der Waals surface area contributed by atoms with E-state index in [0.717, 1.165) is 29.4 Å². The van der Waals surface area contributed by atoms with Crippen LogP contribution < -0.4 is 10.1 Å². The van der Waals surface area contributed by atoms with E-state index in [9.17, 15) is 0 Å². The van der Waals surface area contributed by atoms with Gasteiger partial charge in [-0.1, -0.05) is 44.2 Å². The molecular weight excluding hydrogens is 314 g/mol. The van der Waals surface area contributed by atoms with Gasteiger partial charge in [0, 0.05) is 17.7 Å². The van der Waals surface area contributed by atoms with Gasteiger partial charge in [-0.05, 0) is 55.7 Å². The lowest BCUT2D eigenvalue weighted by molar-refractivity contribution is 0.209. The van der Waals surface area contributed by atoms with E-state index < -0.39 is 0 Å². The third kappa shape index (κ3) is 6.33. The molecule has 0 spiro atoms. The number of ether oxygens (including phenoxy) is 1. The van der Waals surface area contributed by atoms with Crippen molar-refractivity contribution in [1.29, 1.82) is 0 Å². The molecule has 1 aromatic carbocycles. The Kier molecular flexibility index (Phi) is 7.82. The predicted molar refractivity (Wildman–Crippen MR) is 105 cm³/mol. The average molecular weight is 348 g/mol. The maximum absolute atomic E-state index is 5.99. The number of hydrogen-bond acceptors (Lipinski definition) is 3. The van der Waals surface area contributed by atoms with Gasteiger partial charge in [-0.15, -0.1) is 11.8 Å². The summed E-state index contributed by atoms with van der Waals surface area (Å²) in [5, 5.41) is 4.29. The van der Waals surface area contributed by atoms with Crippen LogP contribution in [-0.4, -0.2) is 24.3 Å². The molecule has 0 bridgehead atoms. The average Bonchev–Trinajstić information content (AvgIpc) is 3.15. The first-order chi connectivity index (χ1) is 11.9. The minimum Gasteiger partial charge on any atom is -0.493 e. The van der Waals surface area contributed by atoms with Crippen molar-refractivity contribution < 1.29 is 4.74 Å². The van der Waals surface area contributed by atoms with Gasteiger partial charge in [0.25, 0.3) is 0 Å². The Hall–Kier alpha value is -0.670. The molecular formula is C21H33NOS. The molecule has 1 aliphatic carbocycles. The molecule has 2 fully saturated rings. The SMILES string of the molecule is c1cc(OCC2CCCCC2)ccc1CCCCCC1CNCS1. The summed E-state index contributed by atoms with van der Waals surface area (Å²) in [5.74, 6) is 2.99. The van der Waals surface area contributed by atoms with Crippen molar-refractivity contribution in [2.45, 2.75) is 69.5 Å². The Morgan fingerprint density at radius 2 is 1.83 bits per heavy atom. The summed E-state index contributed by atoms with van der Waals surface area (Å²) in [6.07, 6.45) is 13.5. The molecule has 2 aliphatic rings. The third-order valence-corrected chi connectivity index (χ3v) is 6.66. The van der Waals surface area contributed by atoms with Crippen LogP contribution in [0, 0.1) is 5.92 Å².